The van der Waals surface area contributed by atoms with Gasteiger partial charge in [0.15, 0.2) is 0 Å². The Morgan fingerprint density at radius 1 is 0.432 bits per heavy atom. The standard InChI is InChI=1S/C41H82BrNO/c1-4-6-8-10-12-14-16-18-20-22-24-26-28-30-32-34-38-43(41(44)40(3)36-37-42)39-35-33-31-29-27-25-23-21-19-17-15-13-11-9-7-5-2/h40H,4-39H2,1-3H3. The number of halogens is 1. The first-order chi connectivity index (χ1) is 21.7. The molecule has 2 nitrogen and oxygen atoms in total. The van der Waals surface area contributed by atoms with Gasteiger partial charge in [0.25, 0.3) is 0 Å². The zero-order valence-electron chi connectivity index (χ0n) is 30.8. The number of nitrogens with zero attached hydrogens (tertiary/aromatic N) is 1. The van der Waals surface area contributed by atoms with Crippen LogP contribution in [0.4, 0.5) is 0 Å². The zero-order chi connectivity index (χ0) is 32.2. The lowest BCUT2D eigenvalue weighted by molar-refractivity contribution is -0.135. The summed E-state index contributed by atoms with van der Waals surface area (Å²) in [6, 6.07) is 0. The molecule has 0 rings (SSSR count). The number of hydrogen-bond donors (Lipinski definition) is 0. The van der Waals surface area contributed by atoms with Crippen LogP contribution in [-0.4, -0.2) is 29.2 Å². The van der Waals surface area contributed by atoms with Gasteiger partial charge in [-0.1, -0.05) is 229 Å². The SMILES string of the molecule is CCCCCCCCCCCCCCCCCCN(CCCCCCCCCCCCCCCCCC)C(=O)C(C)CCBr. The Morgan fingerprint density at radius 3 is 0.886 bits per heavy atom. The molecule has 0 heterocycles. The van der Waals surface area contributed by atoms with Gasteiger partial charge in [-0.3, -0.25) is 4.79 Å². The lowest BCUT2D eigenvalue weighted by atomic mass is 10.0. The van der Waals surface area contributed by atoms with Crippen molar-refractivity contribution in [2.75, 3.05) is 18.4 Å². The van der Waals surface area contributed by atoms with E-state index in [9.17, 15) is 4.79 Å². The fourth-order valence-electron chi connectivity index (χ4n) is 6.63. The molecule has 44 heavy (non-hydrogen) atoms. The van der Waals surface area contributed by atoms with E-state index in [1.54, 1.807) is 0 Å². The van der Waals surface area contributed by atoms with Crippen molar-refractivity contribution in [3.63, 3.8) is 0 Å². The van der Waals surface area contributed by atoms with Crippen molar-refractivity contribution in [2.45, 2.75) is 233 Å². The summed E-state index contributed by atoms with van der Waals surface area (Å²) < 4.78 is 0. The van der Waals surface area contributed by atoms with Gasteiger partial charge in [-0.25, -0.2) is 0 Å². The third-order valence-electron chi connectivity index (χ3n) is 9.84. The average Bonchev–Trinajstić information content (AvgIpc) is 3.03. The highest BCUT2D eigenvalue weighted by Crippen LogP contribution is 2.17. The Bertz CT molecular complexity index is 517. The summed E-state index contributed by atoms with van der Waals surface area (Å²) in [4.78, 5) is 15.3. The molecule has 0 aromatic heterocycles. The first kappa shape index (κ1) is 43.9. The topological polar surface area (TPSA) is 20.3 Å². The zero-order valence-corrected chi connectivity index (χ0v) is 32.4. The van der Waals surface area contributed by atoms with E-state index in [0.29, 0.717) is 5.91 Å². The number of carbonyl (C=O) groups excluding carboxylic acids is 1. The molecule has 1 unspecified atom stereocenters. The van der Waals surface area contributed by atoms with E-state index in [0.717, 1.165) is 24.8 Å². The van der Waals surface area contributed by atoms with E-state index in [1.807, 2.05) is 0 Å². The average molecular weight is 685 g/mol. The van der Waals surface area contributed by atoms with Crippen molar-refractivity contribution < 1.29 is 4.79 Å². The number of alkyl halides is 1. The smallest absolute Gasteiger partial charge is 0.225 e. The quantitative estimate of drug-likeness (QED) is 0.0471. The van der Waals surface area contributed by atoms with Gasteiger partial charge in [0, 0.05) is 24.3 Å². The second-order valence-electron chi connectivity index (χ2n) is 14.3. The third kappa shape index (κ3) is 31.9. The first-order valence-electron chi connectivity index (χ1n) is 20.5. The highest BCUT2D eigenvalue weighted by atomic mass is 79.9. The second kappa shape index (κ2) is 37.4. The van der Waals surface area contributed by atoms with Gasteiger partial charge in [0.1, 0.15) is 0 Å². The van der Waals surface area contributed by atoms with E-state index >= 15 is 0 Å². The van der Waals surface area contributed by atoms with Crippen LogP contribution in [0, 0.1) is 5.92 Å². The molecule has 0 aromatic rings. The molecule has 0 spiro atoms. The minimum absolute atomic E-state index is 0.150. The Hall–Kier alpha value is -0.0500. The summed E-state index contributed by atoms with van der Waals surface area (Å²) in [6.45, 7) is 8.67. The van der Waals surface area contributed by atoms with Gasteiger partial charge in [0.05, 0.1) is 0 Å². The lowest BCUT2D eigenvalue weighted by Crippen LogP contribution is -2.37. The van der Waals surface area contributed by atoms with Gasteiger partial charge >= 0.3 is 0 Å². The largest absolute Gasteiger partial charge is 0.342 e. The molecule has 3 heteroatoms. The Labute approximate surface area is 287 Å². The molecular formula is C41H82BrNO. The molecule has 0 bridgehead atoms. The Balaban J connectivity index is 3.77. The summed E-state index contributed by atoms with van der Waals surface area (Å²) in [5, 5.41) is 0.922. The van der Waals surface area contributed by atoms with Crippen molar-refractivity contribution >= 4 is 21.8 Å². The summed E-state index contributed by atoms with van der Waals surface area (Å²) in [7, 11) is 0. The van der Waals surface area contributed by atoms with Gasteiger partial charge in [-0.05, 0) is 19.3 Å². The number of amides is 1. The maximum absolute atomic E-state index is 13.1. The Morgan fingerprint density at radius 2 is 0.659 bits per heavy atom. The minimum Gasteiger partial charge on any atom is -0.342 e. The minimum atomic E-state index is 0.150. The van der Waals surface area contributed by atoms with E-state index in [2.05, 4.69) is 41.6 Å². The van der Waals surface area contributed by atoms with Crippen molar-refractivity contribution in [2.24, 2.45) is 5.92 Å². The summed E-state index contributed by atoms with van der Waals surface area (Å²) in [5.41, 5.74) is 0. The second-order valence-corrected chi connectivity index (χ2v) is 15.1. The predicted octanol–water partition coefficient (Wildman–Crippen LogP) is 14.8. The maximum atomic E-state index is 13.1. The van der Waals surface area contributed by atoms with Crippen LogP contribution >= 0.6 is 15.9 Å². The normalized spacial score (nSPS) is 12.2. The summed E-state index contributed by atoms with van der Waals surface area (Å²) in [6.07, 6.45) is 45.7. The third-order valence-corrected chi connectivity index (χ3v) is 10.3. The highest BCUT2D eigenvalue weighted by Gasteiger charge is 2.19. The molecule has 0 aromatic carbocycles. The van der Waals surface area contributed by atoms with Gasteiger partial charge in [0.2, 0.25) is 5.91 Å². The predicted molar refractivity (Wildman–Crippen MR) is 203 cm³/mol. The molecule has 0 aliphatic carbocycles. The fourth-order valence-corrected chi connectivity index (χ4v) is 7.32. The van der Waals surface area contributed by atoms with Crippen LogP contribution in [0.5, 0.6) is 0 Å². The van der Waals surface area contributed by atoms with Gasteiger partial charge in [-0.15, -0.1) is 0 Å². The van der Waals surface area contributed by atoms with Crippen molar-refractivity contribution in [3.8, 4) is 0 Å². The first-order valence-corrected chi connectivity index (χ1v) is 21.6. The van der Waals surface area contributed by atoms with E-state index < -0.39 is 0 Å². The molecule has 0 N–H and O–H groups in total. The van der Waals surface area contributed by atoms with Crippen LogP contribution in [0.3, 0.4) is 0 Å². The van der Waals surface area contributed by atoms with Gasteiger partial charge in [-0.2, -0.15) is 0 Å². The van der Waals surface area contributed by atoms with Gasteiger partial charge < -0.3 is 4.90 Å². The van der Waals surface area contributed by atoms with E-state index in [4.69, 9.17) is 0 Å². The summed E-state index contributed by atoms with van der Waals surface area (Å²) in [5.74, 6) is 0.544. The van der Waals surface area contributed by atoms with Crippen LogP contribution in [0.15, 0.2) is 0 Å². The monoisotopic (exact) mass is 684 g/mol. The van der Waals surface area contributed by atoms with Crippen LogP contribution in [0.2, 0.25) is 0 Å². The molecular weight excluding hydrogens is 602 g/mol. The number of carbonyl (C=O) groups is 1. The lowest BCUT2D eigenvalue weighted by Gasteiger charge is -2.26. The molecule has 0 saturated heterocycles. The van der Waals surface area contributed by atoms with Crippen LogP contribution < -0.4 is 0 Å². The Kier molecular flexibility index (Phi) is 37.4. The molecule has 0 fully saturated rings. The van der Waals surface area contributed by atoms with Crippen molar-refractivity contribution in [1.82, 2.24) is 4.90 Å². The van der Waals surface area contributed by atoms with Crippen molar-refractivity contribution in [3.05, 3.63) is 0 Å². The highest BCUT2D eigenvalue weighted by molar-refractivity contribution is 9.09. The molecule has 0 saturated carbocycles. The molecule has 0 aliphatic heterocycles. The maximum Gasteiger partial charge on any atom is 0.225 e. The summed E-state index contributed by atoms with van der Waals surface area (Å²) >= 11 is 3.55. The molecule has 1 atom stereocenters. The van der Waals surface area contributed by atoms with Crippen LogP contribution in [-0.2, 0) is 4.79 Å². The number of hydrogen-bond acceptors (Lipinski definition) is 1. The molecule has 0 aliphatic rings. The van der Waals surface area contributed by atoms with Crippen molar-refractivity contribution in [1.29, 1.82) is 0 Å². The molecule has 0 radical (unpaired) electrons. The van der Waals surface area contributed by atoms with E-state index in [1.165, 1.54) is 205 Å². The molecule has 1 amide bonds. The van der Waals surface area contributed by atoms with Crippen LogP contribution in [0.1, 0.15) is 233 Å². The van der Waals surface area contributed by atoms with Crippen LogP contribution in [0.25, 0.3) is 0 Å². The van der Waals surface area contributed by atoms with E-state index in [-0.39, 0.29) is 5.92 Å². The number of rotatable bonds is 37. The fraction of sp³-hybridized carbons (Fsp3) is 0.976. The number of unbranched alkanes of at least 4 members (excludes halogenated alkanes) is 30. The molecule has 264 valence electrons.